The predicted octanol–water partition coefficient (Wildman–Crippen LogP) is 4.59. The summed E-state index contributed by atoms with van der Waals surface area (Å²) in [6, 6.07) is 16.6. The van der Waals surface area contributed by atoms with Crippen LogP contribution in [-0.4, -0.2) is 46.9 Å². The molecule has 0 aliphatic carbocycles. The summed E-state index contributed by atoms with van der Waals surface area (Å²) >= 11 is 0. The van der Waals surface area contributed by atoms with E-state index in [1.54, 1.807) is 0 Å². The van der Waals surface area contributed by atoms with Crippen LogP contribution in [0.15, 0.2) is 48.5 Å². The Morgan fingerprint density at radius 2 is 1.80 bits per heavy atom. The third-order valence-electron chi connectivity index (χ3n) is 6.14. The van der Waals surface area contributed by atoms with Gasteiger partial charge in [-0.2, -0.15) is 9.78 Å². The molecule has 0 spiro atoms. The highest BCUT2D eigenvalue weighted by molar-refractivity contribution is 5.89. The van der Waals surface area contributed by atoms with Crippen LogP contribution in [0.1, 0.15) is 29.7 Å². The van der Waals surface area contributed by atoms with Crippen LogP contribution in [-0.2, 0) is 6.42 Å². The van der Waals surface area contributed by atoms with E-state index in [2.05, 4.69) is 58.6 Å². The van der Waals surface area contributed by atoms with Crippen molar-refractivity contribution in [3.8, 4) is 0 Å². The molecule has 160 valence electrons. The molecule has 1 saturated heterocycles. The van der Waals surface area contributed by atoms with Gasteiger partial charge in [-0.3, -0.25) is 0 Å². The van der Waals surface area contributed by atoms with E-state index in [0.717, 1.165) is 67.6 Å². The Kier molecular flexibility index (Phi) is 7.51. The molecule has 0 radical (unpaired) electrons. The van der Waals surface area contributed by atoms with Crippen LogP contribution in [0, 0.1) is 19.8 Å². The van der Waals surface area contributed by atoms with Gasteiger partial charge in [-0.25, -0.2) is 4.79 Å². The van der Waals surface area contributed by atoms with E-state index in [-0.39, 0.29) is 18.4 Å². The van der Waals surface area contributed by atoms with Gasteiger partial charge in [0.05, 0.1) is 11.2 Å². The number of nitrogens with zero attached hydrogens (tertiary/aromatic N) is 3. The Morgan fingerprint density at radius 3 is 2.50 bits per heavy atom. The predicted molar refractivity (Wildman–Crippen MR) is 125 cm³/mol. The summed E-state index contributed by atoms with van der Waals surface area (Å²) in [5.41, 5.74) is 4.34. The van der Waals surface area contributed by atoms with Gasteiger partial charge in [0.2, 0.25) is 0 Å². The van der Waals surface area contributed by atoms with Crippen molar-refractivity contribution in [3.63, 3.8) is 0 Å². The number of benzene rings is 2. The molecule has 1 aromatic heterocycles. The minimum Gasteiger partial charge on any atom is -0.336 e. The monoisotopic (exact) mass is 426 g/mol. The fourth-order valence-corrected chi connectivity index (χ4v) is 4.35. The van der Waals surface area contributed by atoms with Gasteiger partial charge in [0, 0.05) is 18.5 Å². The lowest BCUT2D eigenvalue weighted by molar-refractivity contribution is 0.182. The van der Waals surface area contributed by atoms with Crippen LogP contribution in [0.4, 0.5) is 4.79 Å². The smallest absolute Gasteiger partial charge is 0.336 e. The molecule has 2 heterocycles. The molecule has 3 aromatic rings. The number of aromatic nitrogens is 2. The number of aryl methyl sites for hydroxylation is 2. The van der Waals surface area contributed by atoms with E-state index in [4.69, 9.17) is 0 Å². The number of carbonyl (C=O) groups excluding carboxylic acids is 1. The maximum Gasteiger partial charge on any atom is 0.342 e. The lowest BCUT2D eigenvalue weighted by Gasteiger charge is -2.32. The third kappa shape index (κ3) is 5.02. The van der Waals surface area contributed by atoms with Crippen LogP contribution < -0.4 is 5.32 Å². The van der Waals surface area contributed by atoms with Gasteiger partial charge in [-0.15, -0.1) is 12.4 Å². The molecule has 1 amide bonds. The zero-order valence-electron chi connectivity index (χ0n) is 17.8. The molecular formula is C24H31ClN4O. The Balaban J connectivity index is 0.00000256. The van der Waals surface area contributed by atoms with Crippen molar-refractivity contribution < 1.29 is 4.79 Å². The minimum absolute atomic E-state index is 0. The van der Waals surface area contributed by atoms with Gasteiger partial charge in [-0.1, -0.05) is 42.5 Å². The van der Waals surface area contributed by atoms with E-state index < -0.39 is 0 Å². The third-order valence-corrected chi connectivity index (χ3v) is 6.14. The maximum atomic E-state index is 12.7. The van der Waals surface area contributed by atoms with Crippen LogP contribution in [0.2, 0.25) is 0 Å². The first-order valence-electron chi connectivity index (χ1n) is 10.6. The second kappa shape index (κ2) is 10.1. The Morgan fingerprint density at radius 1 is 1.07 bits per heavy atom. The van der Waals surface area contributed by atoms with Gasteiger partial charge >= 0.3 is 6.03 Å². The number of fused-ring (bicyclic) bond motifs is 1. The van der Waals surface area contributed by atoms with E-state index >= 15 is 0 Å². The number of rotatable bonds is 5. The van der Waals surface area contributed by atoms with Crippen LogP contribution in [0.5, 0.6) is 0 Å². The van der Waals surface area contributed by atoms with Gasteiger partial charge < -0.3 is 10.2 Å². The Bertz CT molecular complexity index is 978. The SMILES string of the molecule is Cc1cccc2nn(C(=O)NCC3CCN(CCc4ccccc4)CC3)c(C)c12.Cl. The maximum absolute atomic E-state index is 12.7. The molecule has 30 heavy (non-hydrogen) atoms. The van der Waals surface area contributed by atoms with Crippen molar-refractivity contribution in [1.29, 1.82) is 0 Å². The lowest BCUT2D eigenvalue weighted by atomic mass is 9.96. The molecule has 0 saturated carbocycles. The molecule has 6 heteroatoms. The number of halogens is 1. The average molecular weight is 427 g/mol. The summed E-state index contributed by atoms with van der Waals surface area (Å²) < 4.78 is 1.52. The quantitative estimate of drug-likeness (QED) is 0.649. The molecule has 5 nitrogen and oxygen atoms in total. The minimum atomic E-state index is -0.121. The topological polar surface area (TPSA) is 50.2 Å². The summed E-state index contributed by atoms with van der Waals surface area (Å²) in [5, 5.41) is 8.68. The fraction of sp³-hybridized carbons (Fsp3) is 0.417. The fourth-order valence-electron chi connectivity index (χ4n) is 4.35. The second-order valence-electron chi connectivity index (χ2n) is 8.17. The summed E-state index contributed by atoms with van der Waals surface area (Å²) in [6.07, 6.45) is 3.37. The highest BCUT2D eigenvalue weighted by Gasteiger charge is 2.21. The summed E-state index contributed by atoms with van der Waals surface area (Å²) in [5.74, 6) is 0.541. The molecule has 0 unspecified atom stereocenters. The zero-order chi connectivity index (χ0) is 20.2. The molecule has 1 aliphatic heterocycles. The second-order valence-corrected chi connectivity index (χ2v) is 8.17. The van der Waals surface area contributed by atoms with Gasteiger partial charge in [0.25, 0.3) is 0 Å². The van der Waals surface area contributed by atoms with Crippen molar-refractivity contribution in [2.45, 2.75) is 33.1 Å². The molecule has 1 aliphatic rings. The molecule has 2 aromatic carbocycles. The normalized spacial score (nSPS) is 15.1. The van der Waals surface area contributed by atoms with Crippen molar-refractivity contribution in [2.24, 2.45) is 5.92 Å². The number of piperidine rings is 1. The number of likely N-dealkylation sites (tertiary alicyclic amines) is 1. The van der Waals surface area contributed by atoms with E-state index in [0.29, 0.717) is 5.92 Å². The Hall–Kier alpha value is -2.37. The zero-order valence-corrected chi connectivity index (χ0v) is 18.6. The highest BCUT2D eigenvalue weighted by atomic mass is 35.5. The standard InChI is InChI=1S/C24H30N4O.ClH/c1-18-7-6-10-22-23(18)19(2)28(26-22)24(29)25-17-21-12-15-27(16-13-21)14-11-20-8-4-3-5-9-20;/h3-10,21H,11-17H2,1-2H3,(H,25,29);1H. The first-order chi connectivity index (χ1) is 14.1. The van der Waals surface area contributed by atoms with E-state index in [1.807, 2.05) is 19.1 Å². The average Bonchev–Trinajstić information content (AvgIpc) is 3.10. The van der Waals surface area contributed by atoms with Crippen LogP contribution in [0.3, 0.4) is 0 Å². The first kappa shape index (κ1) is 22.3. The number of amides is 1. The number of carbonyl (C=O) groups is 1. The highest BCUT2D eigenvalue weighted by Crippen LogP contribution is 2.21. The summed E-state index contributed by atoms with van der Waals surface area (Å²) in [6.45, 7) is 8.08. The number of hydrogen-bond acceptors (Lipinski definition) is 3. The molecule has 0 atom stereocenters. The molecule has 1 N–H and O–H groups in total. The van der Waals surface area contributed by atoms with Crippen molar-refractivity contribution in [2.75, 3.05) is 26.2 Å². The summed E-state index contributed by atoms with van der Waals surface area (Å²) in [4.78, 5) is 15.2. The lowest BCUT2D eigenvalue weighted by Crippen LogP contribution is -2.40. The van der Waals surface area contributed by atoms with Crippen molar-refractivity contribution in [3.05, 3.63) is 65.4 Å². The van der Waals surface area contributed by atoms with Crippen LogP contribution >= 0.6 is 12.4 Å². The molecule has 4 rings (SSSR count). The number of hydrogen-bond donors (Lipinski definition) is 1. The number of nitrogens with one attached hydrogen (secondary N) is 1. The van der Waals surface area contributed by atoms with Gasteiger partial charge in [0.1, 0.15) is 0 Å². The molecule has 1 fully saturated rings. The van der Waals surface area contributed by atoms with E-state index in [1.165, 1.54) is 10.2 Å². The summed E-state index contributed by atoms with van der Waals surface area (Å²) in [7, 11) is 0. The van der Waals surface area contributed by atoms with Crippen LogP contribution in [0.25, 0.3) is 10.9 Å². The Labute approximate surface area is 184 Å². The van der Waals surface area contributed by atoms with Gasteiger partial charge in [-0.05, 0) is 69.3 Å². The van der Waals surface area contributed by atoms with Crippen molar-refractivity contribution >= 4 is 29.3 Å². The van der Waals surface area contributed by atoms with E-state index in [9.17, 15) is 4.79 Å². The molecule has 0 bridgehead atoms. The van der Waals surface area contributed by atoms with Crippen molar-refractivity contribution in [1.82, 2.24) is 20.0 Å². The van der Waals surface area contributed by atoms with Gasteiger partial charge in [0.15, 0.2) is 0 Å². The molecular weight excluding hydrogens is 396 g/mol. The first-order valence-corrected chi connectivity index (χ1v) is 10.6. The largest absolute Gasteiger partial charge is 0.342 e.